The van der Waals surface area contributed by atoms with Gasteiger partial charge >= 0.3 is 6.03 Å². The fourth-order valence-corrected chi connectivity index (χ4v) is 1.96. The number of nitrogens with two attached hydrogens (primary N) is 1. The van der Waals surface area contributed by atoms with Crippen LogP contribution in [0.4, 0.5) is 10.5 Å². The van der Waals surface area contributed by atoms with Crippen LogP contribution in [0.25, 0.3) is 0 Å². The Morgan fingerprint density at radius 2 is 1.69 bits per heavy atom. The smallest absolute Gasteiger partial charge is 0.316 e. The van der Waals surface area contributed by atoms with Gasteiger partial charge in [0.1, 0.15) is 9.67 Å². The molecular formula is C9H8Cl4N2O. The summed E-state index contributed by atoms with van der Waals surface area (Å²) >= 11 is 23.0. The maximum atomic E-state index is 10.7. The number of benzene rings is 1. The Bertz CT molecular complexity index is 395. The minimum atomic E-state index is -0.787. The van der Waals surface area contributed by atoms with E-state index < -0.39 is 15.7 Å². The summed E-state index contributed by atoms with van der Waals surface area (Å²) in [5.74, 6) is 0. The third-order valence-corrected chi connectivity index (χ3v) is 2.76. The highest BCUT2D eigenvalue weighted by atomic mass is 35.5. The van der Waals surface area contributed by atoms with Gasteiger partial charge < -0.3 is 11.1 Å². The van der Waals surface area contributed by atoms with Gasteiger partial charge in [-0.25, -0.2) is 4.79 Å². The Balaban J connectivity index is 3.12. The van der Waals surface area contributed by atoms with Crippen molar-refractivity contribution in [3.63, 3.8) is 0 Å². The zero-order chi connectivity index (χ0) is 12.3. The largest absolute Gasteiger partial charge is 0.351 e. The van der Waals surface area contributed by atoms with Gasteiger partial charge in [0.25, 0.3) is 0 Å². The molecule has 0 fully saturated rings. The minimum absolute atomic E-state index is 0.478. The van der Waals surface area contributed by atoms with Crippen molar-refractivity contribution in [1.82, 2.24) is 0 Å². The average molecular weight is 302 g/mol. The Hall–Kier alpha value is -0.350. The van der Waals surface area contributed by atoms with Gasteiger partial charge in [0.2, 0.25) is 0 Å². The SMILES string of the molecule is NC(=O)Nc1ccc(C(Cl)Cl)c(C(Cl)Cl)c1. The molecule has 3 N–H and O–H groups in total. The number of alkyl halides is 4. The first kappa shape index (κ1) is 13.7. The van der Waals surface area contributed by atoms with Gasteiger partial charge in [-0.15, -0.1) is 46.4 Å². The lowest BCUT2D eigenvalue weighted by molar-refractivity contribution is 0.259. The zero-order valence-electron chi connectivity index (χ0n) is 7.88. The predicted molar refractivity (Wildman–Crippen MR) is 68.5 cm³/mol. The van der Waals surface area contributed by atoms with Gasteiger partial charge in [0.15, 0.2) is 0 Å². The van der Waals surface area contributed by atoms with Crippen LogP contribution in [0.15, 0.2) is 18.2 Å². The standard InChI is InChI=1S/C9H8Cl4N2O/c10-7(11)5-2-1-4(15-9(14)16)3-6(5)8(12)13/h1-3,7-8H,(H3,14,15,16). The summed E-state index contributed by atoms with van der Waals surface area (Å²) < 4.78 is 0. The number of urea groups is 1. The van der Waals surface area contributed by atoms with Crippen molar-refractivity contribution in [2.45, 2.75) is 9.67 Å². The second-order valence-electron chi connectivity index (χ2n) is 2.93. The van der Waals surface area contributed by atoms with Crippen LogP contribution < -0.4 is 11.1 Å². The van der Waals surface area contributed by atoms with E-state index in [0.29, 0.717) is 16.8 Å². The van der Waals surface area contributed by atoms with Gasteiger partial charge in [-0.05, 0) is 23.3 Å². The summed E-state index contributed by atoms with van der Waals surface area (Å²) in [6.07, 6.45) is 0. The second kappa shape index (κ2) is 5.82. The van der Waals surface area contributed by atoms with E-state index in [4.69, 9.17) is 52.1 Å². The summed E-state index contributed by atoms with van der Waals surface area (Å²) in [5.41, 5.74) is 6.58. The number of carbonyl (C=O) groups is 1. The molecule has 0 aliphatic carbocycles. The van der Waals surface area contributed by atoms with Crippen LogP contribution in [0.3, 0.4) is 0 Å². The van der Waals surface area contributed by atoms with Gasteiger partial charge in [-0.1, -0.05) is 6.07 Å². The molecule has 3 nitrogen and oxygen atoms in total. The molecule has 1 aromatic rings. The normalized spacial score (nSPS) is 10.9. The minimum Gasteiger partial charge on any atom is -0.351 e. The summed E-state index contributed by atoms with van der Waals surface area (Å²) in [4.78, 5) is 9.14. The summed E-state index contributed by atoms with van der Waals surface area (Å²) in [6, 6.07) is 4.14. The van der Waals surface area contributed by atoms with Crippen LogP contribution in [-0.2, 0) is 0 Å². The Labute approximate surface area is 113 Å². The van der Waals surface area contributed by atoms with Crippen LogP contribution in [0.1, 0.15) is 20.8 Å². The Kier molecular flexibility index (Phi) is 4.99. The lowest BCUT2D eigenvalue weighted by atomic mass is 10.1. The molecule has 1 rings (SSSR count). The fourth-order valence-electron chi connectivity index (χ4n) is 1.18. The highest BCUT2D eigenvalue weighted by Gasteiger charge is 2.15. The van der Waals surface area contributed by atoms with Crippen molar-refractivity contribution in [2.24, 2.45) is 5.73 Å². The van der Waals surface area contributed by atoms with Crippen molar-refractivity contribution < 1.29 is 4.79 Å². The van der Waals surface area contributed by atoms with Crippen LogP contribution in [-0.4, -0.2) is 6.03 Å². The molecule has 0 aliphatic rings. The van der Waals surface area contributed by atoms with Crippen molar-refractivity contribution in [3.05, 3.63) is 29.3 Å². The lowest BCUT2D eigenvalue weighted by Crippen LogP contribution is -2.19. The first-order chi connectivity index (χ1) is 7.41. The van der Waals surface area contributed by atoms with E-state index in [1.54, 1.807) is 18.2 Å². The first-order valence-electron chi connectivity index (χ1n) is 4.18. The van der Waals surface area contributed by atoms with Gasteiger partial charge in [-0.3, -0.25) is 0 Å². The highest BCUT2D eigenvalue weighted by Crippen LogP contribution is 2.37. The first-order valence-corrected chi connectivity index (χ1v) is 5.93. The van der Waals surface area contributed by atoms with Crippen molar-refractivity contribution >= 4 is 58.1 Å². The molecule has 16 heavy (non-hydrogen) atoms. The molecule has 0 aliphatic heterocycles. The number of hydrogen-bond acceptors (Lipinski definition) is 1. The summed E-state index contributed by atoms with van der Waals surface area (Å²) in [6.45, 7) is 0. The molecule has 0 aromatic heterocycles. The van der Waals surface area contributed by atoms with Crippen molar-refractivity contribution in [3.8, 4) is 0 Å². The number of primary amides is 1. The number of hydrogen-bond donors (Lipinski definition) is 2. The predicted octanol–water partition coefficient (Wildman–Crippen LogP) is 4.13. The molecule has 7 heteroatoms. The van der Waals surface area contributed by atoms with Gasteiger partial charge in [0, 0.05) is 5.69 Å². The molecule has 0 heterocycles. The molecule has 0 saturated heterocycles. The average Bonchev–Trinajstić information content (AvgIpc) is 2.16. The topological polar surface area (TPSA) is 55.1 Å². The van der Waals surface area contributed by atoms with Crippen LogP contribution >= 0.6 is 46.4 Å². The van der Waals surface area contributed by atoms with Crippen molar-refractivity contribution in [2.75, 3.05) is 5.32 Å². The second-order valence-corrected chi connectivity index (χ2v) is 5.13. The highest BCUT2D eigenvalue weighted by molar-refractivity contribution is 6.46. The lowest BCUT2D eigenvalue weighted by Gasteiger charge is -2.13. The maximum Gasteiger partial charge on any atom is 0.316 e. The Morgan fingerprint density at radius 3 is 2.12 bits per heavy atom. The molecule has 0 spiro atoms. The molecule has 88 valence electrons. The molecule has 0 atom stereocenters. The third kappa shape index (κ3) is 3.59. The zero-order valence-corrected chi connectivity index (χ0v) is 10.9. The van der Waals surface area contributed by atoms with Crippen LogP contribution in [0.2, 0.25) is 0 Å². The molecule has 0 bridgehead atoms. The van der Waals surface area contributed by atoms with E-state index >= 15 is 0 Å². The molecule has 0 unspecified atom stereocenters. The van der Waals surface area contributed by atoms with Crippen LogP contribution in [0.5, 0.6) is 0 Å². The number of anilines is 1. The van der Waals surface area contributed by atoms with E-state index in [1.165, 1.54) is 0 Å². The van der Waals surface area contributed by atoms with Crippen molar-refractivity contribution in [1.29, 1.82) is 0 Å². The number of amides is 2. The number of rotatable bonds is 3. The third-order valence-electron chi connectivity index (χ3n) is 1.82. The quantitative estimate of drug-likeness (QED) is 0.810. The van der Waals surface area contributed by atoms with E-state index in [1.807, 2.05) is 0 Å². The van der Waals surface area contributed by atoms with Gasteiger partial charge in [0.05, 0.1) is 0 Å². The molecule has 1 aromatic carbocycles. The maximum absolute atomic E-state index is 10.7. The van der Waals surface area contributed by atoms with E-state index in [9.17, 15) is 4.79 Å². The molecule has 0 radical (unpaired) electrons. The van der Waals surface area contributed by atoms with Crippen LogP contribution in [0, 0.1) is 0 Å². The fraction of sp³-hybridized carbons (Fsp3) is 0.222. The monoisotopic (exact) mass is 300 g/mol. The Morgan fingerprint density at radius 1 is 1.12 bits per heavy atom. The molecule has 2 amide bonds. The van der Waals surface area contributed by atoms with E-state index in [2.05, 4.69) is 5.32 Å². The summed E-state index contributed by atoms with van der Waals surface area (Å²) in [7, 11) is 0. The summed E-state index contributed by atoms with van der Waals surface area (Å²) in [5, 5.41) is 2.40. The van der Waals surface area contributed by atoms with Gasteiger partial charge in [-0.2, -0.15) is 0 Å². The number of nitrogens with one attached hydrogen (secondary N) is 1. The number of carbonyl (C=O) groups excluding carboxylic acids is 1. The van der Waals surface area contributed by atoms with E-state index in [-0.39, 0.29) is 0 Å². The number of halogens is 4. The molecule has 0 saturated carbocycles. The van der Waals surface area contributed by atoms with E-state index in [0.717, 1.165) is 0 Å². The molecular weight excluding hydrogens is 294 g/mol.